The Labute approximate surface area is 117 Å². The number of aromatic nitrogens is 1. The largest absolute Gasteiger partial charge is 0.271 e. The van der Waals surface area contributed by atoms with E-state index in [1.807, 2.05) is 24.0 Å². The number of nitrogens with two attached hydrogens (primary N) is 1. The summed E-state index contributed by atoms with van der Waals surface area (Å²) in [5.41, 5.74) is 5.41. The average molecular weight is 273 g/mol. The molecule has 2 heterocycles. The zero-order valence-corrected chi connectivity index (χ0v) is 11.7. The molecule has 1 fully saturated rings. The predicted octanol–water partition coefficient (Wildman–Crippen LogP) is 2.50. The zero-order chi connectivity index (χ0) is 13.1. The highest BCUT2D eigenvalue weighted by Gasteiger charge is 2.25. The van der Waals surface area contributed by atoms with Gasteiger partial charge in [0.2, 0.25) is 0 Å². The van der Waals surface area contributed by atoms with Crippen LogP contribution in [0.3, 0.4) is 0 Å². The summed E-state index contributed by atoms with van der Waals surface area (Å²) in [5, 5.41) is 1.88. The standard InChI is InChI=1S/C15H19N3S/c16-18-14(15-6-3-9-19-15)10-11-7-8-17-13-5-2-1-4-12(11)13/h1-2,4-5,7-8,14-15,18H,3,6,9-10,16H2. The first kappa shape index (κ1) is 12.9. The van der Waals surface area contributed by atoms with Gasteiger partial charge >= 0.3 is 0 Å². The molecular weight excluding hydrogens is 254 g/mol. The molecule has 0 radical (unpaired) electrons. The van der Waals surface area contributed by atoms with Crippen LogP contribution in [0.15, 0.2) is 36.5 Å². The molecule has 4 heteroatoms. The highest BCUT2D eigenvalue weighted by atomic mass is 32.2. The van der Waals surface area contributed by atoms with Gasteiger partial charge in [0, 0.05) is 22.9 Å². The van der Waals surface area contributed by atoms with Gasteiger partial charge in [0.15, 0.2) is 0 Å². The lowest BCUT2D eigenvalue weighted by molar-refractivity contribution is 0.497. The highest BCUT2D eigenvalue weighted by molar-refractivity contribution is 8.00. The molecule has 1 saturated heterocycles. The van der Waals surface area contributed by atoms with Crippen molar-refractivity contribution in [3.63, 3.8) is 0 Å². The molecular formula is C15H19N3S. The number of para-hydroxylation sites is 1. The molecule has 0 aliphatic carbocycles. The monoisotopic (exact) mass is 273 g/mol. The van der Waals surface area contributed by atoms with Gasteiger partial charge in [-0.25, -0.2) is 0 Å². The maximum atomic E-state index is 5.77. The van der Waals surface area contributed by atoms with Crippen LogP contribution in [-0.2, 0) is 6.42 Å². The number of rotatable bonds is 4. The lowest BCUT2D eigenvalue weighted by atomic mass is 9.98. The fourth-order valence-electron chi connectivity index (χ4n) is 2.79. The number of benzene rings is 1. The number of hydrogen-bond donors (Lipinski definition) is 2. The molecule has 2 aromatic rings. The first-order chi connectivity index (χ1) is 9.38. The normalized spacial score (nSPS) is 20.8. The Morgan fingerprint density at radius 2 is 2.26 bits per heavy atom. The van der Waals surface area contributed by atoms with Crippen molar-refractivity contribution < 1.29 is 0 Å². The van der Waals surface area contributed by atoms with Crippen LogP contribution < -0.4 is 11.3 Å². The van der Waals surface area contributed by atoms with Gasteiger partial charge in [-0.1, -0.05) is 18.2 Å². The fraction of sp³-hybridized carbons (Fsp3) is 0.400. The Balaban J connectivity index is 1.87. The molecule has 1 aromatic heterocycles. The Morgan fingerprint density at radius 1 is 1.37 bits per heavy atom. The van der Waals surface area contributed by atoms with Crippen molar-refractivity contribution in [2.75, 3.05) is 5.75 Å². The number of nitrogens with zero attached hydrogens (tertiary/aromatic N) is 1. The van der Waals surface area contributed by atoms with Crippen LogP contribution in [0.25, 0.3) is 10.9 Å². The summed E-state index contributed by atoms with van der Waals surface area (Å²) in [7, 11) is 0. The molecule has 3 nitrogen and oxygen atoms in total. The van der Waals surface area contributed by atoms with Crippen molar-refractivity contribution in [1.29, 1.82) is 0 Å². The Morgan fingerprint density at radius 3 is 3.05 bits per heavy atom. The van der Waals surface area contributed by atoms with E-state index in [1.54, 1.807) is 0 Å². The second-order valence-electron chi connectivity index (χ2n) is 5.02. The molecule has 1 aliphatic rings. The van der Waals surface area contributed by atoms with Crippen molar-refractivity contribution in [1.82, 2.24) is 10.4 Å². The molecule has 0 bridgehead atoms. The van der Waals surface area contributed by atoms with Gasteiger partial charge < -0.3 is 0 Å². The van der Waals surface area contributed by atoms with Crippen molar-refractivity contribution >= 4 is 22.7 Å². The van der Waals surface area contributed by atoms with Crippen LogP contribution >= 0.6 is 11.8 Å². The molecule has 0 spiro atoms. The van der Waals surface area contributed by atoms with Crippen LogP contribution in [0.4, 0.5) is 0 Å². The molecule has 3 N–H and O–H groups in total. The third kappa shape index (κ3) is 2.76. The number of fused-ring (bicyclic) bond motifs is 1. The van der Waals surface area contributed by atoms with Crippen molar-refractivity contribution in [2.45, 2.75) is 30.6 Å². The predicted molar refractivity (Wildman–Crippen MR) is 82.0 cm³/mol. The van der Waals surface area contributed by atoms with E-state index in [0.29, 0.717) is 11.3 Å². The molecule has 0 amide bonds. The topological polar surface area (TPSA) is 50.9 Å². The zero-order valence-electron chi connectivity index (χ0n) is 10.9. The summed E-state index contributed by atoms with van der Waals surface area (Å²) in [5.74, 6) is 7.03. The molecule has 19 heavy (non-hydrogen) atoms. The number of thioether (sulfide) groups is 1. The molecule has 1 aliphatic heterocycles. The minimum absolute atomic E-state index is 0.346. The lowest BCUT2D eigenvalue weighted by Crippen LogP contribution is -2.43. The first-order valence-corrected chi connectivity index (χ1v) is 7.84. The van der Waals surface area contributed by atoms with E-state index in [2.05, 4.69) is 34.7 Å². The average Bonchev–Trinajstić information content (AvgIpc) is 2.99. The summed E-state index contributed by atoms with van der Waals surface area (Å²) < 4.78 is 0. The van der Waals surface area contributed by atoms with Gasteiger partial charge in [0.25, 0.3) is 0 Å². The molecule has 2 atom stereocenters. The van der Waals surface area contributed by atoms with E-state index >= 15 is 0 Å². The first-order valence-electron chi connectivity index (χ1n) is 6.79. The van der Waals surface area contributed by atoms with Crippen molar-refractivity contribution in [3.05, 3.63) is 42.1 Å². The van der Waals surface area contributed by atoms with Crippen LogP contribution in [0.2, 0.25) is 0 Å². The smallest absolute Gasteiger partial charge is 0.0704 e. The van der Waals surface area contributed by atoms with E-state index in [0.717, 1.165) is 11.9 Å². The van der Waals surface area contributed by atoms with E-state index in [-0.39, 0.29) is 0 Å². The van der Waals surface area contributed by atoms with Gasteiger partial charge in [-0.2, -0.15) is 11.8 Å². The second kappa shape index (κ2) is 5.90. The van der Waals surface area contributed by atoms with Crippen LogP contribution in [0.1, 0.15) is 18.4 Å². The van der Waals surface area contributed by atoms with E-state index in [4.69, 9.17) is 5.84 Å². The quantitative estimate of drug-likeness (QED) is 0.664. The van der Waals surface area contributed by atoms with Gasteiger partial charge in [-0.15, -0.1) is 0 Å². The maximum absolute atomic E-state index is 5.77. The van der Waals surface area contributed by atoms with Crippen LogP contribution in [-0.4, -0.2) is 22.0 Å². The minimum atomic E-state index is 0.346. The van der Waals surface area contributed by atoms with Gasteiger partial charge in [-0.3, -0.25) is 16.3 Å². The van der Waals surface area contributed by atoms with Crippen LogP contribution in [0, 0.1) is 0 Å². The van der Waals surface area contributed by atoms with E-state index in [9.17, 15) is 0 Å². The van der Waals surface area contributed by atoms with Gasteiger partial charge in [-0.05, 0) is 42.7 Å². The summed E-state index contributed by atoms with van der Waals surface area (Å²) in [4.78, 5) is 4.42. The number of hydrazine groups is 1. The Bertz CT molecular complexity index is 547. The van der Waals surface area contributed by atoms with Gasteiger partial charge in [0.05, 0.1) is 5.52 Å². The number of pyridine rings is 1. The lowest BCUT2D eigenvalue weighted by Gasteiger charge is -2.22. The molecule has 2 unspecified atom stereocenters. The van der Waals surface area contributed by atoms with Crippen molar-refractivity contribution in [3.8, 4) is 0 Å². The number of hydrogen-bond acceptors (Lipinski definition) is 4. The summed E-state index contributed by atoms with van der Waals surface area (Å²) in [6, 6.07) is 10.8. The maximum Gasteiger partial charge on any atom is 0.0704 e. The van der Waals surface area contributed by atoms with Crippen molar-refractivity contribution in [2.24, 2.45) is 5.84 Å². The minimum Gasteiger partial charge on any atom is -0.271 e. The van der Waals surface area contributed by atoms with E-state index < -0.39 is 0 Å². The molecule has 0 saturated carbocycles. The third-order valence-corrected chi connectivity index (χ3v) is 5.32. The van der Waals surface area contributed by atoms with Crippen LogP contribution in [0.5, 0.6) is 0 Å². The third-order valence-electron chi connectivity index (χ3n) is 3.81. The fourth-order valence-corrected chi connectivity index (χ4v) is 4.16. The highest BCUT2D eigenvalue weighted by Crippen LogP contribution is 2.30. The molecule has 3 rings (SSSR count). The Kier molecular flexibility index (Phi) is 4.01. The second-order valence-corrected chi connectivity index (χ2v) is 6.36. The molecule has 1 aromatic carbocycles. The summed E-state index contributed by atoms with van der Waals surface area (Å²) >= 11 is 2.04. The van der Waals surface area contributed by atoms with Gasteiger partial charge in [0.1, 0.15) is 0 Å². The molecule has 100 valence electrons. The Hall–Kier alpha value is -1.10. The summed E-state index contributed by atoms with van der Waals surface area (Å²) in [6.45, 7) is 0. The van der Waals surface area contributed by atoms with E-state index in [1.165, 1.54) is 29.5 Å². The SMILES string of the molecule is NNC(Cc1ccnc2ccccc12)C1CCCS1. The number of nitrogens with one attached hydrogen (secondary N) is 1. The summed E-state index contributed by atoms with van der Waals surface area (Å²) in [6.07, 6.45) is 5.44.